The van der Waals surface area contributed by atoms with Gasteiger partial charge in [-0.2, -0.15) is 0 Å². The number of aromatic nitrogens is 2. The van der Waals surface area contributed by atoms with Crippen LogP contribution in [0.15, 0.2) is 52.9 Å². The van der Waals surface area contributed by atoms with Gasteiger partial charge in [-0.05, 0) is 29.7 Å². The highest BCUT2D eigenvalue weighted by Crippen LogP contribution is 2.33. The van der Waals surface area contributed by atoms with Crippen LogP contribution < -0.4 is 14.8 Å². The molecule has 156 valence electrons. The standard InChI is InChI=1S/C23H25N3O4/c1-2-6-18(17-7-4-3-5-8-17)24-21(27)11-12-22-25-26-23(30-22)14-16-9-10-19-20(13-16)29-15-28-19/h3-5,7-10,13,18H,2,6,11-12,14-15H2,1H3,(H,24,27)/t18-/m1/s1. The van der Waals surface area contributed by atoms with Crippen molar-refractivity contribution in [1.82, 2.24) is 15.5 Å². The second-order valence-electron chi connectivity index (χ2n) is 7.27. The predicted octanol–water partition coefficient (Wildman–Crippen LogP) is 3.98. The number of carbonyl (C=O) groups excluding carboxylic acids is 1. The topological polar surface area (TPSA) is 86.5 Å². The number of nitrogens with zero attached hydrogens (tertiary/aromatic N) is 2. The molecule has 0 saturated heterocycles. The van der Waals surface area contributed by atoms with E-state index < -0.39 is 0 Å². The molecule has 0 saturated carbocycles. The van der Waals surface area contributed by atoms with Gasteiger partial charge >= 0.3 is 0 Å². The molecule has 1 amide bonds. The number of ether oxygens (including phenoxy) is 2. The van der Waals surface area contributed by atoms with E-state index >= 15 is 0 Å². The van der Waals surface area contributed by atoms with Crippen LogP contribution in [0.2, 0.25) is 0 Å². The van der Waals surface area contributed by atoms with Gasteiger partial charge < -0.3 is 19.2 Å². The molecule has 0 fully saturated rings. The molecule has 0 aliphatic carbocycles. The number of fused-ring (bicyclic) bond motifs is 1. The Morgan fingerprint density at radius 1 is 1.07 bits per heavy atom. The average Bonchev–Trinajstić information content (AvgIpc) is 3.41. The van der Waals surface area contributed by atoms with Crippen molar-refractivity contribution in [2.24, 2.45) is 0 Å². The Morgan fingerprint density at radius 2 is 1.87 bits per heavy atom. The summed E-state index contributed by atoms with van der Waals surface area (Å²) in [5.41, 5.74) is 2.12. The Bertz CT molecular complexity index is 987. The molecule has 7 heteroatoms. The first-order chi connectivity index (χ1) is 14.7. The Morgan fingerprint density at radius 3 is 2.70 bits per heavy atom. The monoisotopic (exact) mass is 407 g/mol. The molecule has 2 aromatic carbocycles. The first-order valence-electron chi connectivity index (χ1n) is 10.3. The fourth-order valence-corrected chi connectivity index (χ4v) is 3.47. The van der Waals surface area contributed by atoms with E-state index in [1.165, 1.54) is 0 Å². The number of hydrogen-bond acceptors (Lipinski definition) is 6. The molecule has 0 spiro atoms. The summed E-state index contributed by atoms with van der Waals surface area (Å²) in [6.45, 7) is 2.36. The van der Waals surface area contributed by atoms with Crippen molar-refractivity contribution in [3.8, 4) is 11.5 Å². The largest absolute Gasteiger partial charge is 0.454 e. The highest BCUT2D eigenvalue weighted by Gasteiger charge is 2.17. The molecule has 1 aromatic heterocycles. The molecule has 2 heterocycles. The first-order valence-corrected chi connectivity index (χ1v) is 10.3. The van der Waals surface area contributed by atoms with E-state index in [2.05, 4.69) is 22.4 Å². The van der Waals surface area contributed by atoms with E-state index in [-0.39, 0.29) is 18.7 Å². The van der Waals surface area contributed by atoms with E-state index in [0.717, 1.165) is 35.5 Å². The lowest BCUT2D eigenvalue weighted by Crippen LogP contribution is -2.28. The molecule has 7 nitrogen and oxygen atoms in total. The molecular formula is C23H25N3O4. The summed E-state index contributed by atoms with van der Waals surface area (Å²) in [4.78, 5) is 12.5. The van der Waals surface area contributed by atoms with Gasteiger partial charge in [-0.1, -0.05) is 49.7 Å². The van der Waals surface area contributed by atoms with Gasteiger partial charge in [0.05, 0.1) is 12.5 Å². The van der Waals surface area contributed by atoms with Gasteiger partial charge in [0.15, 0.2) is 11.5 Å². The van der Waals surface area contributed by atoms with Crippen molar-refractivity contribution in [3.05, 3.63) is 71.4 Å². The number of nitrogens with one attached hydrogen (secondary N) is 1. The van der Waals surface area contributed by atoms with Crippen LogP contribution >= 0.6 is 0 Å². The van der Waals surface area contributed by atoms with Gasteiger partial charge in [0, 0.05) is 12.8 Å². The van der Waals surface area contributed by atoms with E-state index in [1.54, 1.807) is 0 Å². The number of aryl methyl sites for hydroxylation is 1. The minimum absolute atomic E-state index is 0.0205. The number of carbonyl (C=O) groups is 1. The van der Waals surface area contributed by atoms with Crippen LogP contribution in [0.25, 0.3) is 0 Å². The summed E-state index contributed by atoms with van der Waals surface area (Å²) in [6.07, 6.45) is 3.11. The zero-order chi connectivity index (χ0) is 20.8. The van der Waals surface area contributed by atoms with E-state index in [1.807, 2.05) is 48.5 Å². The number of rotatable bonds is 9. The maximum atomic E-state index is 12.5. The number of hydrogen-bond donors (Lipinski definition) is 1. The van der Waals surface area contributed by atoms with Gasteiger partial charge in [-0.3, -0.25) is 4.79 Å². The molecule has 4 rings (SSSR count). The van der Waals surface area contributed by atoms with Crippen molar-refractivity contribution < 1.29 is 18.7 Å². The zero-order valence-corrected chi connectivity index (χ0v) is 17.0. The summed E-state index contributed by atoms with van der Waals surface area (Å²) in [5, 5.41) is 11.3. The molecular weight excluding hydrogens is 382 g/mol. The van der Waals surface area contributed by atoms with E-state index in [0.29, 0.717) is 31.0 Å². The quantitative estimate of drug-likeness (QED) is 0.577. The molecule has 1 atom stereocenters. The number of amides is 1. The van der Waals surface area contributed by atoms with Crippen LogP contribution in [0.4, 0.5) is 0 Å². The molecule has 1 N–H and O–H groups in total. The fraction of sp³-hybridized carbons (Fsp3) is 0.348. The molecule has 3 aromatic rings. The van der Waals surface area contributed by atoms with Crippen LogP contribution in [0, 0.1) is 0 Å². The van der Waals surface area contributed by atoms with Crippen molar-refractivity contribution in [1.29, 1.82) is 0 Å². The second kappa shape index (κ2) is 9.43. The summed E-state index contributed by atoms with van der Waals surface area (Å²) in [6, 6.07) is 15.8. The van der Waals surface area contributed by atoms with Crippen molar-refractivity contribution >= 4 is 5.91 Å². The Balaban J connectivity index is 1.30. The Kier molecular flexibility index (Phi) is 6.27. The molecule has 1 aliphatic rings. The molecule has 1 aliphatic heterocycles. The van der Waals surface area contributed by atoms with Crippen LogP contribution in [-0.4, -0.2) is 22.9 Å². The average molecular weight is 407 g/mol. The van der Waals surface area contributed by atoms with Crippen molar-refractivity contribution in [2.45, 2.75) is 45.1 Å². The van der Waals surface area contributed by atoms with Crippen molar-refractivity contribution in [2.75, 3.05) is 6.79 Å². The lowest BCUT2D eigenvalue weighted by atomic mass is 10.0. The van der Waals surface area contributed by atoms with E-state index in [9.17, 15) is 4.79 Å². The maximum absolute atomic E-state index is 12.5. The van der Waals surface area contributed by atoms with Crippen LogP contribution in [-0.2, 0) is 17.6 Å². The lowest BCUT2D eigenvalue weighted by Gasteiger charge is -2.18. The molecule has 0 bridgehead atoms. The smallest absolute Gasteiger partial charge is 0.231 e. The summed E-state index contributed by atoms with van der Waals surface area (Å²) in [7, 11) is 0. The second-order valence-corrected chi connectivity index (χ2v) is 7.27. The molecule has 0 unspecified atom stereocenters. The summed E-state index contributed by atoms with van der Waals surface area (Å²) >= 11 is 0. The SMILES string of the molecule is CCC[C@@H](NC(=O)CCc1nnc(Cc2ccc3c(c2)OCO3)o1)c1ccccc1. The van der Waals surface area contributed by atoms with Gasteiger partial charge in [-0.25, -0.2) is 0 Å². The van der Waals surface area contributed by atoms with Gasteiger partial charge in [-0.15, -0.1) is 10.2 Å². The van der Waals surface area contributed by atoms with Gasteiger partial charge in [0.25, 0.3) is 0 Å². The van der Waals surface area contributed by atoms with Crippen LogP contribution in [0.5, 0.6) is 11.5 Å². The predicted molar refractivity (Wildman–Crippen MR) is 110 cm³/mol. The van der Waals surface area contributed by atoms with E-state index in [4.69, 9.17) is 13.9 Å². The minimum Gasteiger partial charge on any atom is -0.454 e. The summed E-state index contributed by atoms with van der Waals surface area (Å²) < 4.78 is 16.4. The highest BCUT2D eigenvalue weighted by atomic mass is 16.7. The minimum atomic E-state index is -0.0205. The van der Waals surface area contributed by atoms with Gasteiger partial charge in [0.2, 0.25) is 24.5 Å². The summed E-state index contributed by atoms with van der Waals surface area (Å²) in [5.74, 6) is 2.43. The third-order valence-corrected chi connectivity index (χ3v) is 4.98. The zero-order valence-electron chi connectivity index (χ0n) is 17.0. The van der Waals surface area contributed by atoms with Crippen LogP contribution in [0.1, 0.15) is 55.1 Å². The Labute approximate surface area is 175 Å². The normalized spacial score (nSPS) is 13.2. The fourth-order valence-electron chi connectivity index (χ4n) is 3.47. The highest BCUT2D eigenvalue weighted by molar-refractivity contribution is 5.76. The third-order valence-electron chi connectivity index (χ3n) is 4.98. The first kappa shape index (κ1) is 19.9. The van der Waals surface area contributed by atoms with Crippen LogP contribution in [0.3, 0.4) is 0 Å². The Hall–Kier alpha value is -3.35. The molecule has 30 heavy (non-hydrogen) atoms. The maximum Gasteiger partial charge on any atom is 0.231 e. The third kappa shape index (κ3) is 4.97. The lowest BCUT2D eigenvalue weighted by molar-refractivity contribution is -0.121. The van der Waals surface area contributed by atoms with Crippen molar-refractivity contribution in [3.63, 3.8) is 0 Å². The van der Waals surface area contributed by atoms with Gasteiger partial charge in [0.1, 0.15) is 0 Å². The number of benzene rings is 2. The molecule has 0 radical (unpaired) electrons.